The summed E-state index contributed by atoms with van der Waals surface area (Å²) < 4.78 is 2.11. The molecule has 1 saturated carbocycles. The van der Waals surface area contributed by atoms with Gasteiger partial charge in [-0.1, -0.05) is 19.3 Å². The summed E-state index contributed by atoms with van der Waals surface area (Å²) in [4.78, 5) is 12.5. The average molecular weight is 231 g/mol. The number of imidazole rings is 1. The van der Waals surface area contributed by atoms with Crippen molar-refractivity contribution >= 4 is 17.0 Å². The minimum atomic E-state index is 0.470. The monoisotopic (exact) mass is 231 g/mol. The molecule has 0 aromatic carbocycles. The van der Waals surface area contributed by atoms with E-state index in [1.807, 2.05) is 6.33 Å². The van der Waals surface area contributed by atoms with Crippen molar-refractivity contribution in [1.29, 1.82) is 0 Å². The molecule has 2 aromatic heterocycles. The molecular formula is C12H17N5. The molecule has 3 rings (SSSR count). The number of nitrogen functional groups attached to an aromatic ring is 1. The van der Waals surface area contributed by atoms with Crippen molar-refractivity contribution in [3.63, 3.8) is 0 Å². The zero-order valence-corrected chi connectivity index (χ0v) is 9.84. The highest BCUT2D eigenvalue weighted by atomic mass is 15.1. The zero-order chi connectivity index (χ0) is 11.7. The third-order valence-electron chi connectivity index (χ3n) is 3.61. The summed E-state index contributed by atoms with van der Waals surface area (Å²) in [6, 6.07) is 0. The van der Waals surface area contributed by atoms with Crippen LogP contribution in [0.15, 0.2) is 12.7 Å². The number of hydrogen-bond acceptors (Lipinski definition) is 4. The Morgan fingerprint density at radius 3 is 2.82 bits per heavy atom. The minimum Gasteiger partial charge on any atom is -0.382 e. The molecule has 5 heteroatoms. The third-order valence-corrected chi connectivity index (χ3v) is 3.61. The number of fused-ring (bicyclic) bond motifs is 1. The van der Waals surface area contributed by atoms with Crippen LogP contribution in [0.25, 0.3) is 11.2 Å². The summed E-state index contributed by atoms with van der Waals surface area (Å²) in [6.07, 6.45) is 10.1. The van der Waals surface area contributed by atoms with E-state index in [4.69, 9.17) is 5.73 Å². The predicted molar refractivity (Wildman–Crippen MR) is 66.3 cm³/mol. The molecule has 0 aliphatic heterocycles. The highest BCUT2D eigenvalue weighted by molar-refractivity contribution is 5.81. The van der Waals surface area contributed by atoms with E-state index in [9.17, 15) is 0 Å². The Morgan fingerprint density at radius 1 is 1.18 bits per heavy atom. The fourth-order valence-corrected chi connectivity index (χ4v) is 2.68. The van der Waals surface area contributed by atoms with Gasteiger partial charge in [-0.15, -0.1) is 0 Å². The van der Waals surface area contributed by atoms with Gasteiger partial charge in [0.05, 0.1) is 6.33 Å². The largest absolute Gasteiger partial charge is 0.382 e. The molecule has 0 amide bonds. The van der Waals surface area contributed by atoms with E-state index >= 15 is 0 Å². The Morgan fingerprint density at radius 2 is 2.00 bits per heavy atom. The number of rotatable bonds is 2. The van der Waals surface area contributed by atoms with Crippen LogP contribution in [0.1, 0.15) is 32.1 Å². The van der Waals surface area contributed by atoms with Crippen molar-refractivity contribution in [2.45, 2.75) is 38.6 Å². The first-order chi connectivity index (χ1) is 8.34. The van der Waals surface area contributed by atoms with E-state index in [0.717, 1.165) is 23.6 Å². The Bertz CT molecular complexity index is 513. The molecule has 0 bridgehead atoms. The maximum absolute atomic E-state index is 5.78. The van der Waals surface area contributed by atoms with Crippen LogP contribution in [-0.2, 0) is 6.54 Å². The first kappa shape index (κ1) is 10.5. The van der Waals surface area contributed by atoms with Gasteiger partial charge in [0.1, 0.15) is 11.8 Å². The number of hydrogen-bond donors (Lipinski definition) is 1. The standard InChI is InChI=1S/C12H17N5/c13-11-10-12(15-7-14-11)17(8-16-10)6-9-4-2-1-3-5-9/h7-9H,1-6H2,(H2,13,14,15). The third kappa shape index (κ3) is 1.97. The van der Waals surface area contributed by atoms with Crippen molar-refractivity contribution in [2.24, 2.45) is 5.92 Å². The van der Waals surface area contributed by atoms with E-state index in [0.29, 0.717) is 5.82 Å². The lowest BCUT2D eigenvalue weighted by Gasteiger charge is -2.21. The lowest BCUT2D eigenvalue weighted by molar-refractivity contribution is 0.321. The second-order valence-corrected chi connectivity index (χ2v) is 4.83. The molecule has 0 unspecified atom stereocenters. The number of nitrogens with zero attached hydrogens (tertiary/aromatic N) is 4. The van der Waals surface area contributed by atoms with Crippen molar-refractivity contribution in [3.8, 4) is 0 Å². The molecule has 1 aliphatic carbocycles. The van der Waals surface area contributed by atoms with Crippen molar-refractivity contribution in [1.82, 2.24) is 19.5 Å². The summed E-state index contributed by atoms with van der Waals surface area (Å²) in [7, 11) is 0. The van der Waals surface area contributed by atoms with Crippen molar-refractivity contribution in [2.75, 3.05) is 5.73 Å². The van der Waals surface area contributed by atoms with Crippen LogP contribution in [0.4, 0.5) is 5.82 Å². The van der Waals surface area contributed by atoms with Gasteiger partial charge >= 0.3 is 0 Å². The fourth-order valence-electron chi connectivity index (χ4n) is 2.68. The van der Waals surface area contributed by atoms with E-state index in [2.05, 4.69) is 19.5 Å². The molecule has 0 spiro atoms. The van der Waals surface area contributed by atoms with Crippen LogP contribution in [0.2, 0.25) is 0 Å². The summed E-state index contributed by atoms with van der Waals surface area (Å²) in [5, 5.41) is 0. The molecule has 2 N–H and O–H groups in total. The highest BCUT2D eigenvalue weighted by Gasteiger charge is 2.16. The van der Waals surface area contributed by atoms with E-state index in [1.165, 1.54) is 38.4 Å². The van der Waals surface area contributed by atoms with E-state index < -0.39 is 0 Å². The maximum Gasteiger partial charge on any atom is 0.165 e. The maximum atomic E-state index is 5.78. The normalized spacial score (nSPS) is 17.6. The van der Waals surface area contributed by atoms with Crippen molar-refractivity contribution in [3.05, 3.63) is 12.7 Å². The highest BCUT2D eigenvalue weighted by Crippen LogP contribution is 2.26. The predicted octanol–water partition coefficient (Wildman–Crippen LogP) is 1.99. The molecular weight excluding hydrogens is 214 g/mol. The lowest BCUT2D eigenvalue weighted by Crippen LogP contribution is -2.13. The van der Waals surface area contributed by atoms with E-state index in [-0.39, 0.29) is 0 Å². The van der Waals surface area contributed by atoms with Crippen LogP contribution in [0, 0.1) is 5.92 Å². The van der Waals surface area contributed by atoms with Crippen LogP contribution in [0.3, 0.4) is 0 Å². The van der Waals surface area contributed by atoms with Crippen molar-refractivity contribution < 1.29 is 0 Å². The van der Waals surface area contributed by atoms with Crippen LogP contribution in [0.5, 0.6) is 0 Å². The summed E-state index contributed by atoms with van der Waals surface area (Å²) in [6.45, 7) is 1.01. The Labute approximate surface area is 100 Å². The van der Waals surface area contributed by atoms with Crippen LogP contribution >= 0.6 is 0 Å². The van der Waals surface area contributed by atoms with Gasteiger partial charge in [-0.05, 0) is 18.8 Å². The van der Waals surface area contributed by atoms with Gasteiger partial charge in [-0.25, -0.2) is 15.0 Å². The molecule has 17 heavy (non-hydrogen) atoms. The quantitative estimate of drug-likeness (QED) is 0.858. The topological polar surface area (TPSA) is 69.6 Å². The van der Waals surface area contributed by atoms with Crippen LogP contribution < -0.4 is 5.73 Å². The summed E-state index contributed by atoms with van der Waals surface area (Å²) in [5.74, 6) is 1.23. The van der Waals surface area contributed by atoms with Gasteiger partial charge in [0.25, 0.3) is 0 Å². The second kappa shape index (κ2) is 4.31. The molecule has 0 atom stereocenters. The average Bonchev–Trinajstić information content (AvgIpc) is 2.76. The van der Waals surface area contributed by atoms with E-state index in [1.54, 1.807) is 0 Å². The number of anilines is 1. The molecule has 1 aliphatic rings. The molecule has 0 saturated heterocycles. The first-order valence-corrected chi connectivity index (χ1v) is 6.26. The summed E-state index contributed by atoms with van der Waals surface area (Å²) >= 11 is 0. The van der Waals surface area contributed by atoms with Crippen LogP contribution in [-0.4, -0.2) is 19.5 Å². The van der Waals surface area contributed by atoms with Gasteiger partial charge in [-0.2, -0.15) is 0 Å². The number of nitrogens with two attached hydrogens (primary N) is 1. The molecule has 2 aromatic rings. The molecule has 0 radical (unpaired) electrons. The Kier molecular flexibility index (Phi) is 2.66. The SMILES string of the molecule is Nc1ncnc2c1ncn2CC1CCCCC1. The van der Waals surface area contributed by atoms with Gasteiger partial charge in [0.2, 0.25) is 0 Å². The Balaban J connectivity index is 1.87. The molecule has 2 heterocycles. The lowest BCUT2D eigenvalue weighted by atomic mass is 9.89. The smallest absolute Gasteiger partial charge is 0.165 e. The van der Waals surface area contributed by atoms with Gasteiger partial charge < -0.3 is 10.3 Å². The minimum absolute atomic E-state index is 0.470. The Hall–Kier alpha value is -1.65. The van der Waals surface area contributed by atoms with Gasteiger partial charge in [0.15, 0.2) is 11.5 Å². The second-order valence-electron chi connectivity index (χ2n) is 4.83. The fraction of sp³-hybridized carbons (Fsp3) is 0.583. The van der Waals surface area contributed by atoms with Gasteiger partial charge in [-0.3, -0.25) is 0 Å². The number of aromatic nitrogens is 4. The molecule has 1 fully saturated rings. The summed E-state index contributed by atoms with van der Waals surface area (Å²) in [5.41, 5.74) is 7.37. The molecule has 5 nitrogen and oxygen atoms in total. The zero-order valence-electron chi connectivity index (χ0n) is 9.84. The molecule has 90 valence electrons. The van der Waals surface area contributed by atoms with Gasteiger partial charge in [0, 0.05) is 6.54 Å². The first-order valence-electron chi connectivity index (χ1n) is 6.26.